The van der Waals surface area contributed by atoms with Gasteiger partial charge in [0.05, 0.1) is 0 Å². The molecule has 118 valence electrons. The van der Waals surface area contributed by atoms with Crippen LogP contribution in [0.3, 0.4) is 0 Å². The minimum Gasteiger partial charge on any atom is -0.452 e. The topological polar surface area (TPSA) is 55.4 Å². The molecule has 0 aliphatic carbocycles. The molecule has 2 aromatic rings. The number of hydrogen-bond donors (Lipinski definition) is 1. The van der Waals surface area contributed by atoms with Crippen LogP contribution in [0.1, 0.15) is 5.56 Å². The number of carbonyl (C=O) groups is 2. The van der Waals surface area contributed by atoms with Gasteiger partial charge in [0, 0.05) is 21.8 Å². The van der Waals surface area contributed by atoms with Gasteiger partial charge in [-0.1, -0.05) is 41.4 Å². The van der Waals surface area contributed by atoms with Gasteiger partial charge in [-0.3, -0.25) is 4.79 Å². The zero-order valence-electron chi connectivity index (χ0n) is 12.0. The molecule has 0 spiro atoms. The molecule has 1 N–H and O–H groups in total. The second-order valence-electron chi connectivity index (χ2n) is 4.52. The fourth-order valence-electron chi connectivity index (χ4n) is 1.68. The van der Waals surface area contributed by atoms with E-state index in [1.807, 2.05) is 0 Å². The summed E-state index contributed by atoms with van der Waals surface area (Å²) in [5.74, 6) is -1.07. The molecule has 4 nitrogen and oxygen atoms in total. The normalized spacial score (nSPS) is 10.5. The third kappa shape index (κ3) is 5.77. The predicted octanol–water partition coefficient (Wildman–Crippen LogP) is 4.19. The maximum atomic E-state index is 11.7. The third-order valence-electron chi connectivity index (χ3n) is 2.78. The first-order valence-corrected chi connectivity index (χ1v) is 7.45. The summed E-state index contributed by atoms with van der Waals surface area (Å²) in [6.45, 7) is -0.381. The number of benzene rings is 2. The molecule has 1 amide bonds. The Hall–Kier alpha value is -2.30. The Morgan fingerprint density at radius 1 is 1.04 bits per heavy atom. The molecule has 0 radical (unpaired) electrons. The van der Waals surface area contributed by atoms with Gasteiger partial charge in [-0.25, -0.2) is 4.79 Å². The number of carbonyl (C=O) groups excluding carboxylic acids is 2. The summed E-state index contributed by atoms with van der Waals surface area (Å²) < 4.78 is 4.85. The van der Waals surface area contributed by atoms with E-state index in [1.54, 1.807) is 48.5 Å². The molecule has 0 fully saturated rings. The molecular weight excluding hydrogens is 337 g/mol. The first kappa shape index (κ1) is 17.1. The maximum Gasteiger partial charge on any atom is 0.331 e. The Bertz CT molecular complexity index is 727. The summed E-state index contributed by atoms with van der Waals surface area (Å²) in [5, 5.41) is 3.68. The van der Waals surface area contributed by atoms with Gasteiger partial charge in [0.15, 0.2) is 6.61 Å². The average Bonchev–Trinajstić information content (AvgIpc) is 2.54. The molecule has 2 aromatic carbocycles. The first-order chi connectivity index (χ1) is 11.0. The number of rotatable bonds is 5. The number of hydrogen-bond acceptors (Lipinski definition) is 3. The highest BCUT2D eigenvalue weighted by Gasteiger charge is 2.06. The first-order valence-electron chi connectivity index (χ1n) is 6.69. The molecule has 0 saturated carbocycles. The lowest BCUT2D eigenvalue weighted by atomic mass is 10.2. The lowest BCUT2D eigenvalue weighted by molar-refractivity contribution is -0.142. The molecule has 0 bridgehead atoms. The van der Waals surface area contributed by atoms with Crippen LogP contribution in [0.15, 0.2) is 54.6 Å². The monoisotopic (exact) mass is 349 g/mol. The zero-order chi connectivity index (χ0) is 16.7. The molecule has 0 aromatic heterocycles. The smallest absolute Gasteiger partial charge is 0.331 e. The summed E-state index contributed by atoms with van der Waals surface area (Å²) in [6, 6.07) is 13.7. The highest BCUT2D eigenvalue weighted by Crippen LogP contribution is 2.16. The van der Waals surface area contributed by atoms with Gasteiger partial charge >= 0.3 is 5.97 Å². The Balaban J connectivity index is 1.81. The van der Waals surface area contributed by atoms with Crippen molar-refractivity contribution in [2.75, 3.05) is 11.9 Å². The molecule has 2 rings (SSSR count). The standard InChI is InChI=1S/C17H13Cl2NO3/c18-13-6-8-14(9-7-13)20-16(21)11-23-17(22)10-5-12-3-1-2-4-15(12)19/h1-10H,11H2,(H,20,21)/b10-5+. The van der Waals surface area contributed by atoms with E-state index in [2.05, 4.69) is 5.32 Å². The molecule has 0 heterocycles. The lowest BCUT2D eigenvalue weighted by Crippen LogP contribution is -2.20. The molecule has 0 unspecified atom stereocenters. The molecule has 0 saturated heterocycles. The summed E-state index contributed by atoms with van der Waals surface area (Å²) in [5.41, 5.74) is 1.26. The van der Waals surface area contributed by atoms with Gasteiger partial charge < -0.3 is 10.1 Å². The van der Waals surface area contributed by atoms with Crippen molar-refractivity contribution in [3.05, 3.63) is 70.2 Å². The van der Waals surface area contributed by atoms with E-state index in [0.29, 0.717) is 21.3 Å². The van der Waals surface area contributed by atoms with Crippen molar-refractivity contribution in [3.8, 4) is 0 Å². The number of ether oxygens (including phenoxy) is 1. The van der Waals surface area contributed by atoms with E-state index >= 15 is 0 Å². The van der Waals surface area contributed by atoms with Crippen molar-refractivity contribution in [1.29, 1.82) is 0 Å². The second-order valence-corrected chi connectivity index (χ2v) is 5.36. The quantitative estimate of drug-likeness (QED) is 0.650. The summed E-state index contributed by atoms with van der Waals surface area (Å²) in [4.78, 5) is 23.2. The van der Waals surface area contributed by atoms with E-state index in [1.165, 1.54) is 12.2 Å². The fraction of sp³-hybridized carbons (Fsp3) is 0.0588. The third-order valence-corrected chi connectivity index (χ3v) is 3.37. The van der Waals surface area contributed by atoms with E-state index in [-0.39, 0.29) is 6.61 Å². The van der Waals surface area contributed by atoms with Crippen molar-refractivity contribution < 1.29 is 14.3 Å². The van der Waals surface area contributed by atoms with Crippen LogP contribution in [0.25, 0.3) is 6.08 Å². The fourth-order valence-corrected chi connectivity index (χ4v) is 2.01. The van der Waals surface area contributed by atoms with Gasteiger partial charge in [-0.2, -0.15) is 0 Å². The molecule has 6 heteroatoms. The molecule has 23 heavy (non-hydrogen) atoms. The molecule has 0 atom stereocenters. The van der Waals surface area contributed by atoms with E-state index in [4.69, 9.17) is 27.9 Å². The summed E-state index contributed by atoms with van der Waals surface area (Å²) in [6.07, 6.45) is 2.75. The van der Waals surface area contributed by atoms with Crippen molar-refractivity contribution in [1.82, 2.24) is 0 Å². The number of anilines is 1. The van der Waals surface area contributed by atoms with Crippen LogP contribution in [0.4, 0.5) is 5.69 Å². The number of esters is 1. The lowest BCUT2D eigenvalue weighted by Gasteiger charge is -2.05. The summed E-state index contributed by atoms with van der Waals surface area (Å²) >= 11 is 11.7. The Kier molecular flexibility index (Phi) is 6.20. The number of nitrogens with one attached hydrogen (secondary N) is 1. The van der Waals surface area contributed by atoms with Crippen molar-refractivity contribution in [2.45, 2.75) is 0 Å². The van der Waals surface area contributed by atoms with Crippen LogP contribution in [0.2, 0.25) is 10.0 Å². The minimum atomic E-state index is -0.629. The Labute approximate surface area is 143 Å². The summed E-state index contributed by atoms with van der Waals surface area (Å²) in [7, 11) is 0. The highest BCUT2D eigenvalue weighted by atomic mass is 35.5. The zero-order valence-corrected chi connectivity index (χ0v) is 13.5. The van der Waals surface area contributed by atoms with Crippen LogP contribution in [-0.2, 0) is 14.3 Å². The average molecular weight is 350 g/mol. The van der Waals surface area contributed by atoms with Gasteiger partial charge in [0.1, 0.15) is 0 Å². The Morgan fingerprint density at radius 3 is 2.43 bits per heavy atom. The predicted molar refractivity (Wildman–Crippen MR) is 91.5 cm³/mol. The van der Waals surface area contributed by atoms with Crippen LogP contribution in [0.5, 0.6) is 0 Å². The van der Waals surface area contributed by atoms with E-state index < -0.39 is 11.9 Å². The van der Waals surface area contributed by atoms with Gasteiger partial charge in [0.2, 0.25) is 0 Å². The van der Waals surface area contributed by atoms with Gasteiger partial charge in [-0.15, -0.1) is 0 Å². The van der Waals surface area contributed by atoms with Crippen LogP contribution in [-0.4, -0.2) is 18.5 Å². The number of amides is 1. The largest absolute Gasteiger partial charge is 0.452 e. The van der Waals surface area contributed by atoms with Crippen molar-refractivity contribution in [3.63, 3.8) is 0 Å². The SMILES string of the molecule is O=C(COC(=O)/C=C/c1ccccc1Cl)Nc1ccc(Cl)cc1. The highest BCUT2D eigenvalue weighted by molar-refractivity contribution is 6.32. The minimum absolute atomic E-state index is 0.381. The second kappa shape index (κ2) is 8.36. The van der Waals surface area contributed by atoms with Gasteiger partial charge in [-0.05, 0) is 42.0 Å². The number of halogens is 2. The van der Waals surface area contributed by atoms with Crippen LogP contribution < -0.4 is 5.32 Å². The van der Waals surface area contributed by atoms with Crippen molar-refractivity contribution in [2.24, 2.45) is 0 Å². The maximum absolute atomic E-state index is 11.7. The van der Waals surface area contributed by atoms with Crippen LogP contribution in [0, 0.1) is 0 Å². The molecule has 0 aliphatic heterocycles. The van der Waals surface area contributed by atoms with E-state index in [9.17, 15) is 9.59 Å². The van der Waals surface area contributed by atoms with Crippen molar-refractivity contribution >= 4 is 46.8 Å². The Morgan fingerprint density at radius 2 is 1.74 bits per heavy atom. The molecule has 0 aliphatic rings. The molecular formula is C17H13Cl2NO3. The van der Waals surface area contributed by atoms with Gasteiger partial charge in [0.25, 0.3) is 5.91 Å². The van der Waals surface area contributed by atoms with Crippen LogP contribution >= 0.6 is 23.2 Å². The van der Waals surface area contributed by atoms with E-state index in [0.717, 1.165) is 0 Å².